The summed E-state index contributed by atoms with van der Waals surface area (Å²) in [5, 5.41) is 9.43. The Kier molecular flexibility index (Phi) is 9.43. The van der Waals surface area contributed by atoms with Gasteiger partial charge in [0.25, 0.3) is 5.56 Å². The van der Waals surface area contributed by atoms with Gasteiger partial charge in [0.05, 0.1) is 16.7 Å². The van der Waals surface area contributed by atoms with E-state index in [2.05, 4.69) is 4.98 Å². The minimum absolute atomic E-state index is 0.0561. The molecular formula is C32H28N2O10. The smallest absolute Gasteiger partial charge is 0.338 e. The van der Waals surface area contributed by atoms with Gasteiger partial charge in [-0.1, -0.05) is 54.6 Å². The molecule has 2 heterocycles. The van der Waals surface area contributed by atoms with E-state index in [9.17, 15) is 29.1 Å². The number of aliphatic hydroxyl groups excluding tert-OH is 1. The lowest BCUT2D eigenvalue weighted by molar-refractivity contribution is -0.0641. The number of esters is 3. The first-order valence-electron chi connectivity index (χ1n) is 13.7. The van der Waals surface area contributed by atoms with Crippen LogP contribution in [0.3, 0.4) is 0 Å². The van der Waals surface area contributed by atoms with E-state index in [1.54, 1.807) is 66.7 Å². The molecule has 1 aliphatic heterocycles. The molecule has 1 saturated heterocycles. The first kappa shape index (κ1) is 30.1. The van der Waals surface area contributed by atoms with E-state index in [1.807, 2.05) is 0 Å². The van der Waals surface area contributed by atoms with Gasteiger partial charge >= 0.3 is 23.6 Å². The highest BCUT2D eigenvalue weighted by Gasteiger charge is 2.51. The van der Waals surface area contributed by atoms with Gasteiger partial charge < -0.3 is 24.1 Å². The van der Waals surface area contributed by atoms with Gasteiger partial charge in [0.1, 0.15) is 12.7 Å². The molecule has 44 heavy (non-hydrogen) atoms. The number of H-pyrrole nitrogens is 1. The average molecular weight is 601 g/mol. The lowest BCUT2D eigenvalue weighted by atomic mass is 10.1. The standard InChI is InChI=1S/C32H28N2O10/c35-17-16-23-18-34(32(40)33-27(23)36)28-26(44-31(39)22-14-8-3-9-15-22)25(43-30(38)21-12-6-2-7-13-21)24(42-28)19-41-29(37)20-10-4-1-5-11-20/h1-15,18,24-26,28,35H,16-17,19H2,(H,33,36,40)/t24-,25-,26-,28-/m1/s1. The molecule has 4 atom stereocenters. The summed E-state index contributed by atoms with van der Waals surface area (Å²) in [5.41, 5.74) is -0.934. The van der Waals surface area contributed by atoms with Crippen molar-refractivity contribution in [3.05, 3.63) is 140 Å². The summed E-state index contributed by atoms with van der Waals surface area (Å²) in [6, 6.07) is 24.2. The number of nitrogens with zero attached hydrogens (tertiary/aromatic N) is 1. The van der Waals surface area contributed by atoms with Crippen LogP contribution in [-0.2, 0) is 25.4 Å². The highest BCUT2D eigenvalue weighted by atomic mass is 16.7. The van der Waals surface area contributed by atoms with Crippen LogP contribution >= 0.6 is 0 Å². The fourth-order valence-electron chi connectivity index (χ4n) is 4.70. The number of hydrogen-bond donors (Lipinski definition) is 2. The van der Waals surface area contributed by atoms with Gasteiger partial charge in [-0.3, -0.25) is 14.3 Å². The molecule has 12 heteroatoms. The largest absolute Gasteiger partial charge is 0.459 e. The molecule has 1 fully saturated rings. The first-order chi connectivity index (χ1) is 21.4. The monoisotopic (exact) mass is 600 g/mol. The first-order valence-corrected chi connectivity index (χ1v) is 13.7. The molecule has 3 aromatic carbocycles. The highest BCUT2D eigenvalue weighted by Crippen LogP contribution is 2.35. The van der Waals surface area contributed by atoms with Crippen molar-refractivity contribution in [1.29, 1.82) is 0 Å². The normalized spacial score (nSPS) is 19.2. The van der Waals surface area contributed by atoms with E-state index < -0.39 is 60.3 Å². The van der Waals surface area contributed by atoms with Crippen LogP contribution in [0.2, 0.25) is 0 Å². The fraction of sp³-hybridized carbons (Fsp3) is 0.219. The Morgan fingerprint density at radius 2 is 1.25 bits per heavy atom. The van der Waals surface area contributed by atoms with Crippen molar-refractivity contribution < 1.29 is 38.4 Å². The molecule has 0 aliphatic carbocycles. The highest BCUT2D eigenvalue weighted by molar-refractivity contribution is 5.91. The van der Waals surface area contributed by atoms with Crippen molar-refractivity contribution in [1.82, 2.24) is 9.55 Å². The van der Waals surface area contributed by atoms with Gasteiger partial charge in [-0.25, -0.2) is 19.2 Å². The zero-order valence-corrected chi connectivity index (χ0v) is 23.2. The Labute approximate surface area is 250 Å². The molecule has 0 radical (unpaired) electrons. The maximum absolute atomic E-state index is 13.3. The number of benzene rings is 3. The van der Waals surface area contributed by atoms with E-state index in [0.29, 0.717) is 0 Å². The second kappa shape index (κ2) is 13.8. The molecule has 0 unspecified atom stereocenters. The third kappa shape index (κ3) is 6.83. The summed E-state index contributed by atoms with van der Waals surface area (Å²) >= 11 is 0. The van der Waals surface area contributed by atoms with E-state index in [1.165, 1.54) is 30.5 Å². The molecule has 4 aromatic rings. The minimum atomic E-state index is -1.44. The molecular weight excluding hydrogens is 572 g/mol. The molecule has 2 N–H and O–H groups in total. The second-order valence-electron chi connectivity index (χ2n) is 9.80. The second-order valence-corrected chi connectivity index (χ2v) is 9.80. The number of rotatable bonds is 10. The molecule has 1 aliphatic rings. The lowest BCUT2D eigenvalue weighted by Gasteiger charge is -2.25. The molecule has 12 nitrogen and oxygen atoms in total. The Balaban J connectivity index is 1.54. The summed E-state index contributed by atoms with van der Waals surface area (Å²) in [6.07, 6.45) is -4.36. The van der Waals surface area contributed by atoms with Gasteiger partial charge in [-0.15, -0.1) is 0 Å². The third-order valence-electron chi connectivity index (χ3n) is 6.88. The molecule has 226 valence electrons. The molecule has 0 amide bonds. The van der Waals surface area contributed by atoms with Crippen molar-refractivity contribution in [2.75, 3.05) is 13.2 Å². The fourth-order valence-corrected chi connectivity index (χ4v) is 4.70. The van der Waals surface area contributed by atoms with Crippen LogP contribution in [0.15, 0.2) is 107 Å². The molecule has 0 bridgehead atoms. The average Bonchev–Trinajstić information content (AvgIpc) is 3.38. The number of ether oxygens (including phenoxy) is 4. The van der Waals surface area contributed by atoms with Gasteiger partial charge in [-0.2, -0.15) is 0 Å². The number of nitrogens with one attached hydrogen (secondary N) is 1. The van der Waals surface area contributed by atoms with Crippen molar-refractivity contribution >= 4 is 17.9 Å². The Bertz CT molecular complexity index is 1720. The SMILES string of the molecule is O=C(OC[C@H]1O[C@@H](n2cc(CCO)c(=O)[nH]c2=O)[C@H](OC(=O)c2ccccc2)[C@@H]1OC(=O)c1ccccc1)c1ccccc1. The summed E-state index contributed by atoms with van der Waals surface area (Å²) in [4.78, 5) is 66.8. The van der Waals surface area contributed by atoms with Crippen LogP contribution in [0.1, 0.15) is 42.9 Å². The number of hydrogen-bond acceptors (Lipinski definition) is 10. The zero-order chi connectivity index (χ0) is 31.1. The predicted octanol–water partition coefficient (Wildman–Crippen LogP) is 2.28. The molecule has 0 saturated carbocycles. The summed E-state index contributed by atoms with van der Waals surface area (Å²) in [5.74, 6) is -2.27. The van der Waals surface area contributed by atoms with Crippen molar-refractivity contribution in [2.24, 2.45) is 0 Å². The Morgan fingerprint density at radius 1 is 0.750 bits per heavy atom. The van der Waals surface area contributed by atoms with Gasteiger partial charge in [-0.05, 0) is 36.4 Å². The van der Waals surface area contributed by atoms with E-state index in [0.717, 1.165) is 4.57 Å². The van der Waals surface area contributed by atoms with Crippen molar-refractivity contribution in [3.63, 3.8) is 0 Å². The number of aromatic nitrogens is 2. The van der Waals surface area contributed by atoms with E-state index in [4.69, 9.17) is 18.9 Å². The quantitative estimate of drug-likeness (QED) is 0.204. The van der Waals surface area contributed by atoms with Crippen molar-refractivity contribution in [3.8, 4) is 0 Å². The van der Waals surface area contributed by atoms with Crippen LogP contribution in [-0.4, -0.2) is 64.1 Å². The predicted molar refractivity (Wildman–Crippen MR) is 154 cm³/mol. The maximum Gasteiger partial charge on any atom is 0.338 e. The topological polar surface area (TPSA) is 163 Å². The van der Waals surface area contributed by atoms with Gasteiger partial charge in [0.15, 0.2) is 18.4 Å². The third-order valence-corrected chi connectivity index (χ3v) is 6.88. The van der Waals surface area contributed by atoms with Gasteiger partial charge in [0.2, 0.25) is 0 Å². The Hall–Kier alpha value is -5.33. The summed E-state index contributed by atoms with van der Waals surface area (Å²) in [6.45, 7) is -0.827. The summed E-state index contributed by atoms with van der Waals surface area (Å²) < 4.78 is 24.3. The molecule has 5 rings (SSSR count). The van der Waals surface area contributed by atoms with Crippen LogP contribution in [0.5, 0.6) is 0 Å². The van der Waals surface area contributed by atoms with E-state index in [-0.39, 0.29) is 35.3 Å². The number of aliphatic hydroxyl groups is 1. The molecule has 1 aromatic heterocycles. The number of aromatic amines is 1. The van der Waals surface area contributed by atoms with Crippen LogP contribution in [0, 0.1) is 0 Å². The Morgan fingerprint density at radius 3 is 1.77 bits per heavy atom. The lowest BCUT2D eigenvalue weighted by Crippen LogP contribution is -2.43. The maximum atomic E-state index is 13.3. The van der Waals surface area contributed by atoms with E-state index >= 15 is 0 Å². The minimum Gasteiger partial charge on any atom is -0.459 e. The number of carbonyl (C=O) groups is 3. The zero-order valence-electron chi connectivity index (χ0n) is 23.2. The van der Waals surface area contributed by atoms with Gasteiger partial charge in [0, 0.05) is 24.8 Å². The van der Waals surface area contributed by atoms with Crippen molar-refractivity contribution in [2.45, 2.75) is 31.0 Å². The van der Waals surface area contributed by atoms with Crippen LogP contribution < -0.4 is 11.2 Å². The molecule has 0 spiro atoms. The number of carbonyl (C=O) groups excluding carboxylic acids is 3. The van der Waals surface area contributed by atoms with Crippen LogP contribution in [0.4, 0.5) is 0 Å². The summed E-state index contributed by atoms with van der Waals surface area (Å²) in [7, 11) is 0. The van der Waals surface area contributed by atoms with Crippen LogP contribution in [0.25, 0.3) is 0 Å².